The first-order valence-electron chi connectivity index (χ1n) is 6.69. The molecule has 0 aliphatic rings. The van der Waals surface area contributed by atoms with Crippen LogP contribution < -0.4 is 5.32 Å². The van der Waals surface area contributed by atoms with Crippen LogP contribution >= 0.6 is 0 Å². The van der Waals surface area contributed by atoms with Crippen LogP contribution in [0.3, 0.4) is 0 Å². The van der Waals surface area contributed by atoms with Gasteiger partial charge in [0, 0.05) is 11.6 Å². The van der Waals surface area contributed by atoms with E-state index < -0.39 is 0 Å². The molecule has 0 saturated carbocycles. The Bertz CT molecular complexity index is 507. The van der Waals surface area contributed by atoms with Gasteiger partial charge in [-0.25, -0.2) is 0 Å². The Morgan fingerprint density at radius 1 is 1.00 bits per heavy atom. The van der Waals surface area contributed by atoms with Crippen molar-refractivity contribution < 1.29 is 4.79 Å². The van der Waals surface area contributed by atoms with Gasteiger partial charge in [-0.15, -0.1) is 0 Å². The van der Waals surface area contributed by atoms with Gasteiger partial charge in [-0.3, -0.25) is 4.79 Å². The van der Waals surface area contributed by atoms with Crippen LogP contribution in [-0.4, -0.2) is 5.91 Å². The number of nitrogens with one attached hydrogen (secondary N) is 1. The van der Waals surface area contributed by atoms with Gasteiger partial charge in [-0.05, 0) is 30.5 Å². The molecule has 0 fully saturated rings. The maximum absolute atomic E-state index is 12.2. The number of benzene rings is 2. The van der Waals surface area contributed by atoms with Crippen molar-refractivity contribution in [2.24, 2.45) is 5.92 Å². The van der Waals surface area contributed by atoms with Crippen LogP contribution in [0.1, 0.15) is 18.9 Å². The molecule has 0 bridgehead atoms. The molecule has 1 atom stereocenters. The predicted octanol–water partition coefficient (Wildman–Crippen LogP) is 3.89. The van der Waals surface area contributed by atoms with Gasteiger partial charge in [0.2, 0.25) is 5.91 Å². The van der Waals surface area contributed by atoms with Gasteiger partial charge in [-0.1, -0.05) is 55.5 Å². The van der Waals surface area contributed by atoms with E-state index in [1.807, 2.05) is 48.5 Å². The van der Waals surface area contributed by atoms with Crippen LogP contribution in [0, 0.1) is 5.92 Å². The van der Waals surface area contributed by atoms with Crippen LogP contribution in [0.4, 0.5) is 5.69 Å². The third kappa shape index (κ3) is 3.95. The normalized spacial score (nSPS) is 11.8. The fourth-order valence-corrected chi connectivity index (χ4v) is 2.09. The van der Waals surface area contributed by atoms with Crippen molar-refractivity contribution in [3.05, 3.63) is 66.2 Å². The Morgan fingerprint density at radius 2 is 1.58 bits per heavy atom. The first kappa shape index (κ1) is 13.3. The maximum atomic E-state index is 12.2. The summed E-state index contributed by atoms with van der Waals surface area (Å²) in [6, 6.07) is 19.8. The van der Waals surface area contributed by atoms with E-state index in [9.17, 15) is 4.79 Å². The molecule has 0 heterocycles. The highest BCUT2D eigenvalue weighted by molar-refractivity contribution is 5.92. The lowest BCUT2D eigenvalue weighted by Crippen LogP contribution is -2.24. The maximum Gasteiger partial charge on any atom is 0.227 e. The summed E-state index contributed by atoms with van der Waals surface area (Å²) >= 11 is 0. The lowest BCUT2D eigenvalue weighted by molar-refractivity contribution is -0.119. The van der Waals surface area contributed by atoms with E-state index in [0.717, 1.165) is 18.5 Å². The molecule has 1 amide bonds. The number of amides is 1. The molecule has 2 aromatic carbocycles. The van der Waals surface area contributed by atoms with Crippen LogP contribution in [0.25, 0.3) is 0 Å². The van der Waals surface area contributed by atoms with Gasteiger partial charge in [0.1, 0.15) is 0 Å². The number of hydrogen-bond acceptors (Lipinski definition) is 1. The summed E-state index contributed by atoms with van der Waals surface area (Å²) in [5.74, 6) is 0.111. The van der Waals surface area contributed by atoms with Crippen molar-refractivity contribution in [2.75, 3.05) is 5.32 Å². The van der Waals surface area contributed by atoms with Crippen molar-refractivity contribution >= 4 is 11.6 Å². The molecule has 0 aliphatic heterocycles. The van der Waals surface area contributed by atoms with Crippen LogP contribution in [0.5, 0.6) is 0 Å². The first-order valence-corrected chi connectivity index (χ1v) is 6.69. The van der Waals surface area contributed by atoms with E-state index in [4.69, 9.17) is 0 Å². The Kier molecular flexibility index (Phi) is 4.73. The molecule has 2 heteroatoms. The fraction of sp³-hybridized carbons (Fsp3) is 0.235. The average Bonchev–Trinajstić information content (AvgIpc) is 2.47. The second kappa shape index (κ2) is 6.74. The number of anilines is 1. The predicted molar refractivity (Wildman–Crippen MR) is 79.0 cm³/mol. The molecule has 0 aliphatic carbocycles. The molecule has 1 N–H and O–H groups in total. The molecule has 2 rings (SSSR count). The third-order valence-electron chi connectivity index (χ3n) is 3.23. The Labute approximate surface area is 114 Å². The van der Waals surface area contributed by atoms with E-state index in [-0.39, 0.29) is 11.8 Å². The van der Waals surface area contributed by atoms with Crippen molar-refractivity contribution in [1.82, 2.24) is 0 Å². The smallest absolute Gasteiger partial charge is 0.227 e. The lowest BCUT2D eigenvalue weighted by Gasteiger charge is -2.15. The van der Waals surface area contributed by atoms with E-state index in [2.05, 4.69) is 24.4 Å². The number of carbonyl (C=O) groups excluding carboxylic acids is 1. The molecule has 2 aromatic rings. The molecular formula is C17H19NO. The molecular weight excluding hydrogens is 234 g/mol. The minimum atomic E-state index is 0.0163. The Hall–Kier alpha value is -2.09. The molecule has 0 radical (unpaired) electrons. The molecule has 98 valence electrons. The number of rotatable bonds is 5. The van der Waals surface area contributed by atoms with E-state index in [1.165, 1.54) is 5.56 Å². The zero-order valence-electron chi connectivity index (χ0n) is 11.2. The summed E-state index contributed by atoms with van der Waals surface area (Å²) in [6.07, 6.45) is 1.63. The number of para-hydroxylation sites is 1. The summed E-state index contributed by atoms with van der Waals surface area (Å²) in [4.78, 5) is 12.2. The second-order valence-electron chi connectivity index (χ2n) is 4.65. The zero-order chi connectivity index (χ0) is 13.5. The molecule has 19 heavy (non-hydrogen) atoms. The largest absolute Gasteiger partial charge is 0.326 e. The zero-order valence-corrected chi connectivity index (χ0v) is 11.2. The third-order valence-corrected chi connectivity index (χ3v) is 3.23. The van der Waals surface area contributed by atoms with Crippen LogP contribution in [0.2, 0.25) is 0 Å². The second-order valence-corrected chi connectivity index (χ2v) is 4.65. The van der Waals surface area contributed by atoms with Crippen molar-refractivity contribution in [3.63, 3.8) is 0 Å². The highest BCUT2D eigenvalue weighted by atomic mass is 16.1. The number of hydrogen-bond donors (Lipinski definition) is 1. The minimum absolute atomic E-state index is 0.0163. The lowest BCUT2D eigenvalue weighted by atomic mass is 9.96. The molecule has 1 unspecified atom stereocenters. The summed E-state index contributed by atoms with van der Waals surface area (Å²) in [7, 11) is 0. The highest BCUT2D eigenvalue weighted by Gasteiger charge is 2.16. The quantitative estimate of drug-likeness (QED) is 0.860. The van der Waals surface area contributed by atoms with Gasteiger partial charge < -0.3 is 5.32 Å². The van der Waals surface area contributed by atoms with Crippen molar-refractivity contribution in [1.29, 1.82) is 0 Å². The molecule has 0 aromatic heterocycles. The summed E-state index contributed by atoms with van der Waals surface area (Å²) in [6.45, 7) is 2.05. The van der Waals surface area contributed by atoms with Gasteiger partial charge in [0.25, 0.3) is 0 Å². The van der Waals surface area contributed by atoms with Crippen LogP contribution in [-0.2, 0) is 11.2 Å². The highest BCUT2D eigenvalue weighted by Crippen LogP contribution is 2.15. The summed E-state index contributed by atoms with van der Waals surface area (Å²) < 4.78 is 0. The van der Waals surface area contributed by atoms with E-state index >= 15 is 0 Å². The fourth-order valence-electron chi connectivity index (χ4n) is 2.09. The molecule has 0 saturated heterocycles. The Balaban J connectivity index is 2.00. The SMILES string of the molecule is CCC(Cc1ccccc1)C(=O)Nc1ccccc1. The van der Waals surface area contributed by atoms with Crippen molar-refractivity contribution in [3.8, 4) is 0 Å². The Morgan fingerprint density at radius 3 is 2.16 bits per heavy atom. The number of carbonyl (C=O) groups is 1. The van der Waals surface area contributed by atoms with Crippen molar-refractivity contribution in [2.45, 2.75) is 19.8 Å². The van der Waals surface area contributed by atoms with Gasteiger partial charge in [0.05, 0.1) is 0 Å². The van der Waals surface area contributed by atoms with E-state index in [1.54, 1.807) is 0 Å². The van der Waals surface area contributed by atoms with Gasteiger partial charge in [-0.2, -0.15) is 0 Å². The topological polar surface area (TPSA) is 29.1 Å². The van der Waals surface area contributed by atoms with Crippen LogP contribution in [0.15, 0.2) is 60.7 Å². The average molecular weight is 253 g/mol. The first-order chi connectivity index (χ1) is 9.29. The van der Waals surface area contributed by atoms with Gasteiger partial charge >= 0.3 is 0 Å². The molecule has 2 nitrogen and oxygen atoms in total. The monoisotopic (exact) mass is 253 g/mol. The molecule has 0 spiro atoms. The van der Waals surface area contributed by atoms with E-state index in [0.29, 0.717) is 0 Å². The summed E-state index contributed by atoms with van der Waals surface area (Å²) in [5.41, 5.74) is 2.07. The van der Waals surface area contributed by atoms with Gasteiger partial charge in [0.15, 0.2) is 0 Å². The standard InChI is InChI=1S/C17H19NO/c1-2-15(13-14-9-5-3-6-10-14)17(19)18-16-11-7-4-8-12-16/h3-12,15H,2,13H2,1H3,(H,18,19). The summed E-state index contributed by atoms with van der Waals surface area (Å²) in [5, 5.41) is 2.97. The minimum Gasteiger partial charge on any atom is -0.326 e.